The highest BCUT2D eigenvalue weighted by molar-refractivity contribution is 5.92. The molecule has 2 aliphatic carbocycles. The minimum absolute atomic E-state index is 0.0292. The SMILES string of the molecule is CN(C)c1nc(NC2CCC(N(C(=O)O)c3ccc4ccccc4c3)CC2)nc2c1CCCC2. The average Bonchev–Trinajstić information content (AvgIpc) is 2.84. The molecule has 0 unspecified atom stereocenters. The summed E-state index contributed by atoms with van der Waals surface area (Å²) in [7, 11) is 4.08. The lowest BCUT2D eigenvalue weighted by molar-refractivity contribution is 0.196. The molecule has 2 N–H and O–H groups in total. The zero-order valence-corrected chi connectivity index (χ0v) is 20.0. The van der Waals surface area contributed by atoms with E-state index in [9.17, 15) is 9.90 Å². The van der Waals surface area contributed by atoms with E-state index in [2.05, 4.69) is 10.2 Å². The van der Waals surface area contributed by atoms with Crippen LogP contribution in [0.25, 0.3) is 10.8 Å². The molecule has 0 radical (unpaired) electrons. The molecule has 1 heterocycles. The summed E-state index contributed by atoms with van der Waals surface area (Å²) < 4.78 is 0. The molecular formula is C27H33N5O2. The predicted octanol–water partition coefficient (Wildman–Crippen LogP) is 5.48. The third kappa shape index (κ3) is 4.52. The molecule has 7 nitrogen and oxygen atoms in total. The molecule has 0 saturated heterocycles. The smallest absolute Gasteiger partial charge is 0.412 e. The van der Waals surface area contributed by atoms with Gasteiger partial charge in [0.15, 0.2) is 0 Å². The maximum absolute atomic E-state index is 12.2. The highest BCUT2D eigenvalue weighted by Gasteiger charge is 2.30. The Morgan fingerprint density at radius 3 is 2.44 bits per heavy atom. The maximum atomic E-state index is 12.2. The van der Waals surface area contributed by atoms with Crippen molar-refractivity contribution >= 4 is 34.3 Å². The van der Waals surface area contributed by atoms with Gasteiger partial charge in [0.1, 0.15) is 5.82 Å². The van der Waals surface area contributed by atoms with Gasteiger partial charge in [-0.15, -0.1) is 0 Å². The number of rotatable bonds is 5. The van der Waals surface area contributed by atoms with Crippen molar-refractivity contribution in [2.75, 3.05) is 29.2 Å². The van der Waals surface area contributed by atoms with Gasteiger partial charge in [-0.1, -0.05) is 30.3 Å². The predicted molar refractivity (Wildman–Crippen MR) is 137 cm³/mol. The first kappa shape index (κ1) is 22.4. The first-order chi connectivity index (χ1) is 16.5. The van der Waals surface area contributed by atoms with E-state index in [4.69, 9.17) is 9.97 Å². The summed E-state index contributed by atoms with van der Waals surface area (Å²) in [6, 6.07) is 14.2. The van der Waals surface area contributed by atoms with Crippen LogP contribution in [-0.2, 0) is 12.8 Å². The summed E-state index contributed by atoms with van der Waals surface area (Å²) in [5.74, 6) is 1.73. The topological polar surface area (TPSA) is 81.6 Å². The second kappa shape index (κ2) is 9.49. The number of hydrogen-bond acceptors (Lipinski definition) is 5. The quantitative estimate of drug-likeness (QED) is 0.526. The monoisotopic (exact) mass is 459 g/mol. The van der Waals surface area contributed by atoms with Gasteiger partial charge in [0, 0.05) is 37.4 Å². The number of amides is 1. The van der Waals surface area contributed by atoms with Crippen LogP contribution in [0.1, 0.15) is 49.8 Å². The van der Waals surface area contributed by atoms with Crippen molar-refractivity contribution in [1.82, 2.24) is 9.97 Å². The Hall–Kier alpha value is -3.35. The van der Waals surface area contributed by atoms with Crippen LogP contribution >= 0.6 is 0 Å². The van der Waals surface area contributed by atoms with E-state index in [0.717, 1.165) is 60.8 Å². The second-order valence-electron chi connectivity index (χ2n) is 9.73. The summed E-state index contributed by atoms with van der Waals surface area (Å²) in [6.45, 7) is 0. The number of anilines is 3. The lowest BCUT2D eigenvalue weighted by Crippen LogP contribution is -2.43. The number of hydrogen-bond donors (Lipinski definition) is 2. The fourth-order valence-electron chi connectivity index (χ4n) is 5.47. The van der Waals surface area contributed by atoms with Crippen molar-refractivity contribution in [3.8, 4) is 0 Å². The van der Waals surface area contributed by atoms with E-state index in [1.165, 1.54) is 24.1 Å². The highest BCUT2D eigenvalue weighted by atomic mass is 16.4. The Morgan fingerprint density at radius 1 is 0.971 bits per heavy atom. The van der Waals surface area contributed by atoms with Gasteiger partial charge in [0.05, 0.1) is 5.69 Å². The van der Waals surface area contributed by atoms with Gasteiger partial charge in [0.2, 0.25) is 5.95 Å². The van der Waals surface area contributed by atoms with Crippen molar-refractivity contribution in [3.05, 3.63) is 53.7 Å². The van der Waals surface area contributed by atoms with Gasteiger partial charge in [0.25, 0.3) is 0 Å². The average molecular weight is 460 g/mol. The molecule has 0 bridgehead atoms. The summed E-state index contributed by atoms with van der Waals surface area (Å²) >= 11 is 0. The fourth-order valence-corrected chi connectivity index (χ4v) is 5.47. The highest BCUT2D eigenvalue weighted by Crippen LogP contribution is 2.32. The molecule has 2 aliphatic rings. The first-order valence-corrected chi connectivity index (χ1v) is 12.3. The Bertz CT molecular complexity index is 1190. The van der Waals surface area contributed by atoms with E-state index in [1.807, 2.05) is 56.6 Å². The van der Waals surface area contributed by atoms with Crippen LogP contribution in [0, 0.1) is 0 Å². The lowest BCUT2D eigenvalue weighted by Gasteiger charge is -2.36. The molecule has 2 aromatic carbocycles. The van der Waals surface area contributed by atoms with Crippen molar-refractivity contribution in [2.24, 2.45) is 0 Å². The number of fused-ring (bicyclic) bond motifs is 2. The minimum atomic E-state index is -0.889. The number of benzene rings is 2. The minimum Gasteiger partial charge on any atom is -0.465 e. The van der Waals surface area contributed by atoms with Crippen LogP contribution in [0.4, 0.5) is 22.2 Å². The number of nitrogens with zero attached hydrogens (tertiary/aromatic N) is 4. The van der Waals surface area contributed by atoms with Crippen molar-refractivity contribution in [1.29, 1.82) is 0 Å². The van der Waals surface area contributed by atoms with Gasteiger partial charge in [-0.25, -0.2) is 9.78 Å². The zero-order chi connectivity index (χ0) is 23.7. The number of carboxylic acid groups (broad SMARTS) is 1. The number of carbonyl (C=O) groups is 1. The Labute approximate surface area is 200 Å². The van der Waals surface area contributed by atoms with E-state index in [-0.39, 0.29) is 12.1 Å². The molecule has 5 rings (SSSR count). The van der Waals surface area contributed by atoms with Crippen molar-refractivity contribution in [3.63, 3.8) is 0 Å². The molecular weight excluding hydrogens is 426 g/mol. The Balaban J connectivity index is 1.29. The Morgan fingerprint density at radius 2 is 1.71 bits per heavy atom. The molecule has 178 valence electrons. The standard InChI is InChI=1S/C27H33N5O2/c1-31(2)25-23-9-5-6-10-24(23)29-26(30-25)28-20-12-15-21(16-13-20)32(27(33)34)22-14-11-18-7-3-4-8-19(18)17-22/h3-4,7-8,11,14,17,20-21H,5-6,9-10,12-13,15-16H2,1-2H3,(H,33,34)(H,28,29,30). The summed E-state index contributed by atoms with van der Waals surface area (Å²) in [4.78, 5) is 25.6. The summed E-state index contributed by atoms with van der Waals surface area (Å²) in [6.07, 6.45) is 6.95. The number of aryl methyl sites for hydroxylation is 1. The normalized spacial score (nSPS) is 19.9. The van der Waals surface area contributed by atoms with Crippen LogP contribution in [0.3, 0.4) is 0 Å². The maximum Gasteiger partial charge on any atom is 0.412 e. The van der Waals surface area contributed by atoms with Gasteiger partial charge < -0.3 is 15.3 Å². The molecule has 1 amide bonds. The molecule has 1 aromatic heterocycles. The van der Waals surface area contributed by atoms with E-state index in [0.29, 0.717) is 5.95 Å². The number of nitrogens with one attached hydrogen (secondary N) is 1. The van der Waals surface area contributed by atoms with Crippen LogP contribution < -0.4 is 15.1 Å². The molecule has 1 fully saturated rings. The van der Waals surface area contributed by atoms with Gasteiger partial charge in [-0.05, 0) is 74.3 Å². The summed E-state index contributed by atoms with van der Waals surface area (Å²) in [5.41, 5.74) is 3.21. The molecule has 1 saturated carbocycles. The molecule has 34 heavy (non-hydrogen) atoms. The molecule has 3 aromatic rings. The van der Waals surface area contributed by atoms with Crippen molar-refractivity contribution < 1.29 is 9.90 Å². The van der Waals surface area contributed by atoms with Crippen molar-refractivity contribution in [2.45, 2.75) is 63.5 Å². The molecule has 0 atom stereocenters. The van der Waals surface area contributed by atoms with Crippen LogP contribution in [0.15, 0.2) is 42.5 Å². The van der Waals surface area contributed by atoms with Crippen LogP contribution in [0.2, 0.25) is 0 Å². The second-order valence-corrected chi connectivity index (χ2v) is 9.73. The van der Waals surface area contributed by atoms with E-state index >= 15 is 0 Å². The Kier molecular flexibility index (Phi) is 6.26. The van der Waals surface area contributed by atoms with E-state index < -0.39 is 6.09 Å². The van der Waals surface area contributed by atoms with Crippen LogP contribution in [0.5, 0.6) is 0 Å². The van der Waals surface area contributed by atoms with Gasteiger partial charge in [-0.3, -0.25) is 4.90 Å². The number of aromatic nitrogens is 2. The zero-order valence-electron chi connectivity index (χ0n) is 20.0. The molecule has 0 spiro atoms. The van der Waals surface area contributed by atoms with Gasteiger partial charge >= 0.3 is 6.09 Å². The lowest BCUT2D eigenvalue weighted by atomic mass is 9.90. The van der Waals surface area contributed by atoms with E-state index in [1.54, 1.807) is 4.90 Å². The fraction of sp³-hybridized carbons (Fsp3) is 0.444. The third-order valence-electron chi connectivity index (χ3n) is 7.20. The van der Waals surface area contributed by atoms with Crippen LogP contribution in [-0.4, -0.2) is 47.3 Å². The molecule has 0 aliphatic heterocycles. The largest absolute Gasteiger partial charge is 0.465 e. The summed E-state index contributed by atoms with van der Waals surface area (Å²) in [5, 5.41) is 15.8. The first-order valence-electron chi connectivity index (χ1n) is 12.3. The molecule has 7 heteroatoms. The third-order valence-corrected chi connectivity index (χ3v) is 7.20. The van der Waals surface area contributed by atoms with Gasteiger partial charge in [-0.2, -0.15) is 4.98 Å².